The maximum atomic E-state index is 12.1. The van der Waals surface area contributed by atoms with Crippen LogP contribution >= 0.6 is 11.6 Å². The van der Waals surface area contributed by atoms with Gasteiger partial charge in [-0.25, -0.2) is 9.78 Å². The minimum atomic E-state index is -1.02. The number of para-hydroxylation sites is 2. The summed E-state index contributed by atoms with van der Waals surface area (Å²) in [7, 11) is 0. The van der Waals surface area contributed by atoms with Crippen LogP contribution < -0.4 is 14.8 Å². The van der Waals surface area contributed by atoms with Gasteiger partial charge in [0.2, 0.25) is 0 Å². The number of esters is 1. The molecular weight excluding hydrogens is 372 g/mol. The van der Waals surface area contributed by atoms with Crippen molar-refractivity contribution in [1.82, 2.24) is 4.98 Å². The number of benzene rings is 1. The van der Waals surface area contributed by atoms with Crippen molar-refractivity contribution >= 4 is 29.2 Å². The van der Waals surface area contributed by atoms with Crippen LogP contribution in [0.15, 0.2) is 42.6 Å². The standard InChI is InChI=1S/C19H21ClN2O5/c1-3-11-25-15-8-4-5-9-16(15)26-12-17(23)27-13(2)19(24)22-14-7-6-10-21-18(14)20/h4-10,13H,3,11-12H2,1-2H3,(H,22,24)/t13-/m0/s1. The molecule has 0 radical (unpaired) electrons. The zero-order chi connectivity index (χ0) is 19.6. The lowest BCUT2D eigenvalue weighted by molar-refractivity contribution is -0.155. The maximum absolute atomic E-state index is 12.1. The van der Waals surface area contributed by atoms with Crippen LogP contribution in [0.1, 0.15) is 20.3 Å². The fraction of sp³-hybridized carbons (Fsp3) is 0.316. The second-order valence-corrected chi connectivity index (χ2v) is 5.90. The first kappa shape index (κ1) is 20.5. The summed E-state index contributed by atoms with van der Waals surface area (Å²) in [6.07, 6.45) is 1.33. The zero-order valence-corrected chi connectivity index (χ0v) is 15.9. The summed E-state index contributed by atoms with van der Waals surface area (Å²) in [4.78, 5) is 27.9. The van der Waals surface area contributed by atoms with Gasteiger partial charge in [0.05, 0.1) is 12.3 Å². The molecule has 0 aliphatic rings. The van der Waals surface area contributed by atoms with E-state index in [1.54, 1.807) is 30.3 Å². The second-order valence-electron chi connectivity index (χ2n) is 5.55. The predicted molar refractivity (Wildman–Crippen MR) is 101 cm³/mol. The van der Waals surface area contributed by atoms with Crippen LogP contribution in [-0.2, 0) is 14.3 Å². The van der Waals surface area contributed by atoms with Crippen LogP contribution in [0.2, 0.25) is 5.15 Å². The number of carbonyl (C=O) groups is 2. The van der Waals surface area contributed by atoms with Crippen molar-refractivity contribution in [3.8, 4) is 11.5 Å². The molecule has 0 aliphatic heterocycles. The number of nitrogens with one attached hydrogen (secondary N) is 1. The summed E-state index contributed by atoms with van der Waals surface area (Å²) in [5.74, 6) is -0.225. The van der Waals surface area contributed by atoms with Gasteiger partial charge in [-0.15, -0.1) is 0 Å². The Bertz CT molecular complexity index is 784. The lowest BCUT2D eigenvalue weighted by Gasteiger charge is -2.15. The van der Waals surface area contributed by atoms with Crippen LogP contribution in [0.4, 0.5) is 5.69 Å². The molecule has 2 aromatic rings. The van der Waals surface area contributed by atoms with Gasteiger partial charge in [-0.1, -0.05) is 30.7 Å². The van der Waals surface area contributed by atoms with Crippen molar-refractivity contribution in [2.45, 2.75) is 26.4 Å². The molecule has 1 heterocycles. The highest BCUT2D eigenvalue weighted by molar-refractivity contribution is 6.32. The van der Waals surface area contributed by atoms with E-state index in [0.717, 1.165) is 6.42 Å². The summed E-state index contributed by atoms with van der Waals surface area (Å²) >= 11 is 5.88. The number of hydrogen-bond donors (Lipinski definition) is 1. The molecule has 0 saturated carbocycles. The Balaban J connectivity index is 1.85. The summed E-state index contributed by atoms with van der Waals surface area (Å²) in [5.41, 5.74) is 0.338. The quantitative estimate of drug-likeness (QED) is 0.519. The SMILES string of the molecule is CCCOc1ccccc1OCC(=O)O[C@@H](C)C(=O)Nc1cccnc1Cl. The van der Waals surface area contributed by atoms with Gasteiger partial charge in [0, 0.05) is 6.20 Å². The van der Waals surface area contributed by atoms with Gasteiger partial charge in [0.1, 0.15) is 0 Å². The van der Waals surface area contributed by atoms with Crippen LogP contribution in [0, 0.1) is 0 Å². The van der Waals surface area contributed by atoms with Gasteiger partial charge in [-0.2, -0.15) is 0 Å². The van der Waals surface area contributed by atoms with E-state index in [9.17, 15) is 9.59 Å². The Morgan fingerprint density at radius 2 is 1.85 bits per heavy atom. The number of anilines is 1. The number of aromatic nitrogens is 1. The number of pyridine rings is 1. The molecule has 0 spiro atoms. The monoisotopic (exact) mass is 392 g/mol. The number of carbonyl (C=O) groups excluding carboxylic acids is 2. The van der Waals surface area contributed by atoms with Crippen molar-refractivity contribution < 1.29 is 23.8 Å². The van der Waals surface area contributed by atoms with E-state index in [1.165, 1.54) is 13.1 Å². The summed E-state index contributed by atoms with van der Waals surface area (Å²) in [5, 5.41) is 2.70. The normalized spacial score (nSPS) is 11.4. The van der Waals surface area contributed by atoms with E-state index in [2.05, 4.69) is 10.3 Å². The fourth-order valence-corrected chi connectivity index (χ4v) is 2.20. The number of amides is 1. The number of nitrogens with zero attached hydrogens (tertiary/aromatic N) is 1. The molecule has 1 aromatic heterocycles. The largest absolute Gasteiger partial charge is 0.490 e. The molecular formula is C19H21ClN2O5. The molecule has 1 amide bonds. The minimum absolute atomic E-state index is 0.149. The molecule has 27 heavy (non-hydrogen) atoms. The minimum Gasteiger partial charge on any atom is -0.490 e. The van der Waals surface area contributed by atoms with E-state index in [-0.39, 0.29) is 11.8 Å². The molecule has 0 unspecified atom stereocenters. The summed E-state index contributed by atoms with van der Waals surface area (Å²) in [6, 6.07) is 10.3. The van der Waals surface area contributed by atoms with Gasteiger partial charge >= 0.3 is 5.97 Å². The number of halogens is 1. The molecule has 1 atom stereocenters. The van der Waals surface area contributed by atoms with Crippen molar-refractivity contribution in [3.63, 3.8) is 0 Å². The third-order valence-corrected chi connectivity index (χ3v) is 3.65. The highest BCUT2D eigenvalue weighted by atomic mass is 35.5. The van der Waals surface area contributed by atoms with Crippen molar-refractivity contribution in [2.24, 2.45) is 0 Å². The van der Waals surface area contributed by atoms with E-state index < -0.39 is 18.0 Å². The topological polar surface area (TPSA) is 86.8 Å². The molecule has 8 heteroatoms. The Kier molecular flexibility index (Phi) is 7.88. The Morgan fingerprint density at radius 3 is 2.52 bits per heavy atom. The average Bonchev–Trinajstić information content (AvgIpc) is 2.67. The van der Waals surface area contributed by atoms with Gasteiger partial charge in [0.15, 0.2) is 29.4 Å². The number of ether oxygens (including phenoxy) is 3. The molecule has 1 aromatic carbocycles. The van der Waals surface area contributed by atoms with Gasteiger partial charge in [-0.05, 0) is 37.6 Å². The van der Waals surface area contributed by atoms with E-state index in [1.807, 2.05) is 13.0 Å². The van der Waals surface area contributed by atoms with E-state index in [4.69, 9.17) is 25.8 Å². The zero-order valence-electron chi connectivity index (χ0n) is 15.1. The molecule has 0 fully saturated rings. The van der Waals surface area contributed by atoms with Crippen LogP contribution in [0.3, 0.4) is 0 Å². The molecule has 2 rings (SSSR count). The van der Waals surface area contributed by atoms with E-state index >= 15 is 0 Å². The smallest absolute Gasteiger partial charge is 0.344 e. The molecule has 0 bridgehead atoms. The Morgan fingerprint density at radius 1 is 1.15 bits per heavy atom. The van der Waals surface area contributed by atoms with Crippen molar-refractivity contribution in [3.05, 3.63) is 47.7 Å². The Labute approximate surface area is 162 Å². The predicted octanol–water partition coefficient (Wildman–Crippen LogP) is 3.47. The number of hydrogen-bond acceptors (Lipinski definition) is 6. The second kappa shape index (κ2) is 10.4. The average molecular weight is 393 g/mol. The van der Waals surface area contributed by atoms with Gasteiger partial charge in [0.25, 0.3) is 5.91 Å². The third kappa shape index (κ3) is 6.45. The first-order valence-electron chi connectivity index (χ1n) is 8.46. The van der Waals surface area contributed by atoms with Crippen LogP contribution in [0.25, 0.3) is 0 Å². The number of rotatable bonds is 9. The molecule has 0 saturated heterocycles. The van der Waals surface area contributed by atoms with E-state index in [0.29, 0.717) is 23.8 Å². The van der Waals surface area contributed by atoms with Crippen molar-refractivity contribution in [2.75, 3.05) is 18.5 Å². The summed E-state index contributed by atoms with van der Waals surface area (Å²) < 4.78 is 16.1. The van der Waals surface area contributed by atoms with Gasteiger partial charge < -0.3 is 19.5 Å². The molecule has 0 aliphatic carbocycles. The van der Waals surface area contributed by atoms with Crippen LogP contribution in [-0.4, -0.2) is 36.2 Å². The lowest BCUT2D eigenvalue weighted by Crippen LogP contribution is -2.31. The van der Waals surface area contributed by atoms with Crippen molar-refractivity contribution in [1.29, 1.82) is 0 Å². The first-order chi connectivity index (χ1) is 13.0. The molecule has 144 valence electrons. The first-order valence-corrected chi connectivity index (χ1v) is 8.84. The fourth-order valence-electron chi connectivity index (χ4n) is 2.04. The van der Waals surface area contributed by atoms with Gasteiger partial charge in [-0.3, -0.25) is 4.79 Å². The molecule has 7 nitrogen and oxygen atoms in total. The highest BCUT2D eigenvalue weighted by Gasteiger charge is 2.19. The maximum Gasteiger partial charge on any atom is 0.344 e. The molecule has 1 N–H and O–H groups in total. The third-order valence-electron chi connectivity index (χ3n) is 3.35. The lowest BCUT2D eigenvalue weighted by atomic mass is 10.3. The highest BCUT2D eigenvalue weighted by Crippen LogP contribution is 2.26. The van der Waals surface area contributed by atoms with Crippen LogP contribution in [0.5, 0.6) is 11.5 Å². The summed E-state index contributed by atoms with van der Waals surface area (Å²) in [6.45, 7) is 3.64. The Hall–Kier alpha value is -2.80.